The number of fused-ring (bicyclic) bond motifs is 1. The smallest absolute Gasteiger partial charge is 0.232 e. The van der Waals surface area contributed by atoms with Crippen molar-refractivity contribution in [2.24, 2.45) is 0 Å². The zero-order valence-electron chi connectivity index (χ0n) is 13.2. The molecule has 2 aromatic rings. The molecule has 1 atom stereocenters. The van der Waals surface area contributed by atoms with Gasteiger partial charge in [-0.15, -0.1) is 0 Å². The number of hydrogen-bond acceptors (Lipinski definition) is 4. The van der Waals surface area contributed by atoms with Crippen LogP contribution in [-0.4, -0.2) is 26.7 Å². The predicted molar refractivity (Wildman–Crippen MR) is 87.5 cm³/mol. The molecule has 120 valence electrons. The Hall–Kier alpha value is -2.69. The summed E-state index contributed by atoms with van der Waals surface area (Å²) in [7, 11) is 3.15. The van der Waals surface area contributed by atoms with Gasteiger partial charge in [0, 0.05) is 11.6 Å². The van der Waals surface area contributed by atoms with Crippen LogP contribution >= 0.6 is 0 Å². The molecule has 5 heteroatoms. The molecule has 1 N–H and O–H groups in total. The largest absolute Gasteiger partial charge is 0.497 e. The van der Waals surface area contributed by atoms with Crippen LogP contribution in [0.5, 0.6) is 17.2 Å². The Morgan fingerprint density at radius 1 is 1.17 bits per heavy atom. The van der Waals surface area contributed by atoms with Crippen molar-refractivity contribution >= 4 is 11.6 Å². The topological polar surface area (TPSA) is 56.8 Å². The summed E-state index contributed by atoms with van der Waals surface area (Å²) in [6.45, 7) is 0.537. The quantitative estimate of drug-likeness (QED) is 0.941. The summed E-state index contributed by atoms with van der Waals surface area (Å²) in [6, 6.07) is 13.0. The van der Waals surface area contributed by atoms with Gasteiger partial charge >= 0.3 is 0 Å². The lowest BCUT2D eigenvalue weighted by molar-refractivity contribution is -0.118. The van der Waals surface area contributed by atoms with Crippen molar-refractivity contribution in [1.29, 1.82) is 0 Å². The molecule has 1 amide bonds. The van der Waals surface area contributed by atoms with E-state index in [1.54, 1.807) is 32.4 Å². The molecule has 0 fully saturated rings. The average molecular weight is 313 g/mol. The van der Waals surface area contributed by atoms with E-state index >= 15 is 0 Å². The van der Waals surface area contributed by atoms with Gasteiger partial charge in [-0.2, -0.15) is 0 Å². The maximum absolute atomic E-state index is 12.7. The van der Waals surface area contributed by atoms with Gasteiger partial charge in [-0.25, -0.2) is 0 Å². The van der Waals surface area contributed by atoms with Crippen LogP contribution in [0.25, 0.3) is 0 Å². The molecule has 0 bridgehead atoms. The Labute approximate surface area is 135 Å². The van der Waals surface area contributed by atoms with Crippen molar-refractivity contribution in [2.45, 2.75) is 12.3 Å². The van der Waals surface area contributed by atoms with Crippen LogP contribution in [0.1, 0.15) is 17.9 Å². The Bertz CT molecular complexity index is 714. The summed E-state index contributed by atoms with van der Waals surface area (Å²) in [5.41, 5.74) is 1.55. The number of rotatable bonds is 4. The van der Waals surface area contributed by atoms with E-state index < -0.39 is 0 Å². The fourth-order valence-corrected chi connectivity index (χ4v) is 2.74. The second-order valence-electron chi connectivity index (χ2n) is 5.28. The fourth-order valence-electron chi connectivity index (χ4n) is 2.74. The highest BCUT2D eigenvalue weighted by Gasteiger charge is 2.28. The van der Waals surface area contributed by atoms with E-state index in [1.807, 2.05) is 24.3 Å². The van der Waals surface area contributed by atoms with E-state index in [9.17, 15) is 4.79 Å². The van der Waals surface area contributed by atoms with Crippen molar-refractivity contribution in [3.8, 4) is 17.2 Å². The van der Waals surface area contributed by atoms with Gasteiger partial charge in [0.25, 0.3) is 0 Å². The molecule has 23 heavy (non-hydrogen) atoms. The van der Waals surface area contributed by atoms with Crippen molar-refractivity contribution in [3.63, 3.8) is 0 Å². The summed E-state index contributed by atoms with van der Waals surface area (Å²) in [5, 5.41) is 2.95. The van der Waals surface area contributed by atoms with Crippen LogP contribution in [0.4, 0.5) is 5.69 Å². The molecule has 0 saturated heterocycles. The number of ether oxygens (including phenoxy) is 3. The van der Waals surface area contributed by atoms with Crippen LogP contribution in [0, 0.1) is 0 Å². The fraction of sp³-hybridized carbons (Fsp3) is 0.278. The molecule has 0 aromatic heterocycles. The summed E-state index contributed by atoms with van der Waals surface area (Å²) in [5.74, 6) is 1.73. The van der Waals surface area contributed by atoms with Gasteiger partial charge in [0.2, 0.25) is 5.91 Å². The third-order valence-electron chi connectivity index (χ3n) is 3.94. The van der Waals surface area contributed by atoms with Crippen molar-refractivity contribution in [3.05, 3.63) is 48.0 Å². The zero-order valence-corrected chi connectivity index (χ0v) is 13.2. The second kappa shape index (κ2) is 6.60. The van der Waals surface area contributed by atoms with Gasteiger partial charge in [0.05, 0.1) is 32.4 Å². The van der Waals surface area contributed by atoms with Crippen LogP contribution in [0.15, 0.2) is 42.5 Å². The lowest BCUT2D eigenvalue weighted by atomic mass is 9.92. The molecular formula is C18H19NO4. The number of amides is 1. The van der Waals surface area contributed by atoms with Crippen LogP contribution < -0.4 is 19.5 Å². The third kappa shape index (κ3) is 3.08. The predicted octanol–water partition coefficient (Wildman–Crippen LogP) is 3.21. The molecule has 2 aromatic carbocycles. The molecular weight excluding hydrogens is 294 g/mol. The molecule has 0 radical (unpaired) electrons. The minimum Gasteiger partial charge on any atom is -0.497 e. The number of carbonyl (C=O) groups is 1. The standard InChI is InChI=1S/C18H19NO4/c1-21-12-7-8-15(17(11-12)22-2)19-18(20)14-9-10-23-16-6-4-3-5-13(14)16/h3-8,11,14H,9-10H2,1-2H3,(H,19,20). The minimum absolute atomic E-state index is 0.0655. The maximum atomic E-state index is 12.7. The van der Waals surface area contributed by atoms with E-state index in [-0.39, 0.29) is 11.8 Å². The Kier molecular flexibility index (Phi) is 4.37. The van der Waals surface area contributed by atoms with Gasteiger partial charge in [0.1, 0.15) is 17.2 Å². The first-order valence-electron chi connectivity index (χ1n) is 7.47. The normalized spacial score (nSPS) is 16.0. The lowest BCUT2D eigenvalue weighted by Gasteiger charge is -2.25. The highest BCUT2D eigenvalue weighted by atomic mass is 16.5. The molecule has 1 unspecified atom stereocenters. The first-order chi connectivity index (χ1) is 11.2. The number of anilines is 1. The Balaban J connectivity index is 1.83. The summed E-state index contributed by atoms with van der Waals surface area (Å²) >= 11 is 0. The SMILES string of the molecule is COc1ccc(NC(=O)C2CCOc3ccccc32)c(OC)c1. The molecule has 0 aliphatic carbocycles. The molecule has 1 heterocycles. The summed E-state index contributed by atoms with van der Waals surface area (Å²) in [4.78, 5) is 12.7. The molecule has 0 spiro atoms. The van der Waals surface area contributed by atoms with Crippen LogP contribution in [-0.2, 0) is 4.79 Å². The van der Waals surface area contributed by atoms with Gasteiger partial charge in [-0.1, -0.05) is 18.2 Å². The Morgan fingerprint density at radius 2 is 2.00 bits per heavy atom. The summed E-state index contributed by atoms with van der Waals surface area (Å²) in [6.07, 6.45) is 0.654. The van der Waals surface area contributed by atoms with Gasteiger partial charge < -0.3 is 19.5 Å². The van der Waals surface area contributed by atoms with E-state index in [4.69, 9.17) is 14.2 Å². The number of carbonyl (C=O) groups excluding carboxylic acids is 1. The van der Waals surface area contributed by atoms with Crippen molar-refractivity contribution in [2.75, 3.05) is 26.1 Å². The van der Waals surface area contributed by atoms with E-state index in [0.29, 0.717) is 30.2 Å². The Morgan fingerprint density at radius 3 is 2.78 bits per heavy atom. The number of benzene rings is 2. The monoisotopic (exact) mass is 313 g/mol. The van der Waals surface area contributed by atoms with E-state index in [0.717, 1.165) is 11.3 Å². The highest BCUT2D eigenvalue weighted by Crippen LogP contribution is 2.35. The molecule has 5 nitrogen and oxygen atoms in total. The van der Waals surface area contributed by atoms with Crippen molar-refractivity contribution < 1.29 is 19.0 Å². The van der Waals surface area contributed by atoms with Gasteiger partial charge in [-0.05, 0) is 24.6 Å². The summed E-state index contributed by atoms with van der Waals surface area (Å²) < 4.78 is 16.1. The first-order valence-corrected chi connectivity index (χ1v) is 7.47. The van der Waals surface area contributed by atoms with Gasteiger partial charge in [0.15, 0.2) is 0 Å². The lowest BCUT2D eigenvalue weighted by Crippen LogP contribution is -2.26. The minimum atomic E-state index is -0.230. The van der Waals surface area contributed by atoms with Crippen LogP contribution in [0.2, 0.25) is 0 Å². The first kappa shape index (κ1) is 15.2. The molecule has 1 aliphatic heterocycles. The average Bonchev–Trinajstić information content (AvgIpc) is 2.61. The number of nitrogens with one attached hydrogen (secondary N) is 1. The second-order valence-corrected chi connectivity index (χ2v) is 5.28. The number of para-hydroxylation sites is 1. The molecule has 0 saturated carbocycles. The van der Waals surface area contributed by atoms with Crippen LogP contribution in [0.3, 0.4) is 0 Å². The molecule has 3 rings (SSSR count). The van der Waals surface area contributed by atoms with Gasteiger partial charge in [-0.3, -0.25) is 4.79 Å². The molecule has 1 aliphatic rings. The van der Waals surface area contributed by atoms with E-state index in [1.165, 1.54) is 0 Å². The zero-order chi connectivity index (χ0) is 16.2. The van der Waals surface area contributed by atoms with Crippen molar-refractivity contribution in [1.82, 2.24) is 0 Å². The van der Waals surface area contributed by atoms with E-state index in [2.05, 4.69) is 5.32 Å². The third-order valence-corrected chi connectivity index (χ3v) is 3.94. The number of hydrogen-bond donors (Lipinski definition) is 1. The maximum Gasteiger partial charge on any atom is 0.232 e. The highest BCUT2D eigenvalue weighted by molar-refractivity contribution is 5.97. The number of methoxy groups -OCH3 is 2.